The zero-order valence-corrected chi connectivity index (χ0v) is 34.3. The van der Waals surface area contributed by atoms with E-state index >= 15 is 4.39 Å². The molecule has 58 heavy (non-hydrogen) atoms. The fourth-order valence-electron chi connectivity index (χ4n) is 7.37. The first-order chi connectivity index (χ1) is 27.8. The highest BCUT2D eigenvalue weighted by molar-refractivity contribution is 7.97. The number of anilines is 2. The molecule has 12 nitrogen and oxygen atoms in total. The summed E-state index contributed by atoms with van der Waals surface area (Å²) in [6.45, 7) is 16.7. The van der Waals surface area contributed by atoms with E-state index in [0.29, 0.717) is 31.6 Å². The summed E-state index contributed by atoms with van der Waals surface area (Å²) in [5.74, 6) is -1.69. The predicted octanol–water partition coefficient (Wildman–Crippen LogP) is 7.61. The fourth-order valence-corrected chi connectivity index (χ4v) is 8.29. The first kappa shape index (κ1) is 43.6. The van der Waals surface area contributed by atoms with Gasteiger partial charge in [-0.1, -0.05) is 18.7 Å². The number of nitrogens with zero attached hydrogens (tertiary/aromatic N) is 5. The number of nitrogens with two attached hydrogens (primary N) is 1. The van der Waals surface area contributed by atoms with Crippen LogP contribution in [0.25, 0.3) is 5.70 Å². The zero-order valence-electron chi connectivity index (χ0n) is 33.5. The lowest BCUT2D eigenvalue weighted by Crippen LogP contribution is -2.48. The van der Waals surface area contributed by atoms with Crippen molar-refractivity contribution in [3.05, 3.63) is 95.3 Å². The smallest absolute Gasteiger partial charge is 0.260 e. The first-order valence-electron chi connectivity index (χ1n) is 19.3. The van der Waals surface area contributed by atoms with E-state index in [1.807, 2.05) is 54.8 Å². The second-order valence-electron chi connectivity index (χ2n) is 14.6. The fraction of sp³-hybridized carbons (Fsp3) is 0.372. The minimum atomic E-state index is -0.836. The van der Waals surface area contributed by atoms with Gasteiger partial charge in [-0.25, -0.2) is 18.1 Å². The van der Waals surface area contributed by atoms with Crippen LogP contribution in [0.3, 0.4) is 0 Å². The molecule has 0 unspecified atom stereocenters. The van der Waals surface area contributed by atoms with Gasteiger partial charge in [-0.15, -0.1) is 0 Å². The van der Waals surface area contributed by atoms with Gasteiger partial charge in [0.05, 0.1) is 23.2 Å². The van der Waals surface area contributed by atoms with Gasteiger partial charge >= 0.3 is 0 Å². The standard InChI is InChI=1S/C43H52F2N8O4S/c1-7-53(28(2)3)36-24-31(23-34(44)41(36)47-5)40(46)35(45)25-49-29(4)50-32-11-13-33(14-12-32)58-52-21-17-43(18-22-52)15-19-51(20-16-43)38(55)27-57-37-10-8-9-30(26-54)39(37)42(56)48-6/h8-14,23-26,28,50H,4-5,7,15-22,27,46H2,1-3,6H3,(H,48,56)/b40-35+,49-25-. The molecule has 0 saturated carbocycles. The van der Waals surface area contributed by atoms with Gasteiger partial charge in [0.1, 0.15) is 17.3 Å². The van der Waals surface area contributed by atoms with Gasteiger partial charge in [-0.2, -0.15) is 0 Å². The maximum absolute atomic E-state index is 15.2. The summed E-state index contributed by atoms with van der Waals surface area (Å²) in [6, 6.07) is 15.3. The van der Waals surface area contributed by atoms with Crippen molar-refractivity contribution in [2.45, 2.75) is 57.4 Å². The molecule has 3 aromatic rings. The average Bonchev–Trinajstić information content (AvgIpc) is 3.23. The number of halogens is 2. The lowest BCUT2D eigenvalue weighted by molar-refractivity contribution is -0.136. The highest BCUT2D eigenvalue weighted by Gasteiger charge is 2.39. The van der Waals surface area contributed by atoms with Crippen molar-refractivity contribution in [3.63, 3.8) is 0 Å². The molecule has 4 N–H and O–H groups in total. The normalized spacial score (nSPS) is 15.9. The second kappa shape index (κ2) is 19.7. The predicted molar refractivity (Wildman–Crippen MR) is 229 cm³/mol. The second-order valence-corrected chi connectivity index (χ2v) is 15.8. The van der Waals surface area contributed by atoms with Gasteiger partial charge in [-0.3, -0.25) is 19.4 Å². The molecule has 3 aromatic carbocycles. The van der Waals surface area contributed by atoms with Gasteiger partial charge in [-0.05, 0) is 113 Å². The van der Waals surface area contributed by atoms with Crippen LogP contribution in [0.1, 0.15) is 72.7 Å². The first-order valence-corrected chi connectivity index (χ1v) is 20.1. The molecule has 0 aromatic heterocycles. The van der Waals surface area contributed by atoms with Crippen molar-refractivity contribution in [1.82, 2.24) is 14.5 Å². The van der Waals surface area contributed by atoms with Crippen molar-refractivity contribution in [2.24, 2.45) is 21.1 Å². The number of carbonyl (C=O) groups excluding carboxylic acids is 3. The molecule has 0 atom stereocenters. The number of ether oxygens (including phenoxy) is 1. The molecule has 2 aliphatic heterocycles. The Morgan fingerprint density at radius 2 is 1.76 bits per heavy atom. The Balaban J connectivity index is 1.08. The van der Waals surface area contributed by atoms with Gasteiger partial charge in [0, 0.05) is 67.5 Å². The molecule has 2 aliphatic rings. The van der Waals surface area contributed by atoms with Gasteiger partial charge in [0.25, 0.3) is 11.8 Å². The van der Waals surface area contributed by atoms with Crippen molar-refractivity contribution < 1.29 is 27.9 Å². The topological polar surface area (TPSA) is 145 Å². The molecule has 0 bridgehead atoms. The number of rotatable bonds is 16. The molecule has 2 saturated heterocycles. The SMILES string of the molecule is C=Nc1c(F)cc(/C(N)=C(F)/C=N\C(=C)Nc2ccc(SN3CCC4(CC3)CCN(C(=O)COc3cccc(C=O)c3C(=O)NC)CC4)cc2)cc1N(CC)C(C)C. The van der Waals surface area contributed by atoms with Crippen LogP contribution in [-0.2, 0) is 4.79 Å². The molecule has 15 heteroatoms. The monoisotopic (exact) mass is 814 g/mol. The van der Waals surface area contributed by atoms with E-state index < -0.39 is 17.6 Å². The highest BCUT2D eigenvalue weighted by atomic mass is 32.2. The quantitative estimate of drug-likeness (QED) is 0.0756. The van der Waals surface area contributed by atoms with Crippen LogP contribution in [0.5, 0.6) is 5.75 Å². The van der Waals surface area contributed by atoms with Crippen LogP contribution < -0.4 is 26.0 Å². The number of carbonyl (C=O) groups is 3. The minimum absolute atomic E-state index is 0.0386. The van der Waals surface area contributed by atoms with E-state index in [2.05, 4.69) is 38.2 Å². The molecule has 5 rings (SSSR count). The number of allylic oxidation sites excluding steroid dienone is 1. The summed E-state index contributed by atoms with van der Waals surface area (Å²) in [4.78, 5) is 49.7. The maximum Gasteiger partial charge on any atom is 0.260 e. The molecule has 0 radical (unpaired) electrons. The maximum atomic E-state index is 15.2. The van der Waals surface area contributed by atoms with Gasteiger partial charge in [0.15, 0.2) is 24.5 Å². The summed E-state index contributed by atoms with van der Waals surface area (Å²) in [6.07, 6.45) is 5.44. The molecule has 2 amide bonds. The number of likely N-dealkylation sites (tertiary alicyclic amines) is 1. The minimum Gasteiger partial charge on any atom is -0.483 e. The van der Waals surface area contributed by atoms with Gasteiger partial charge < -0.3 is 30.9 Å². The van der Waals surface area contributed by atoms with Crippen LogP contribution in [0.15, 0.2) is 87.7 Å². The van der Waals surface area contributed by atoms with Crippen LogP contribution in [0.4, 0.5) is 25.8 Å². The van der Waals surface area contributed by atoms with Crippen LogP contribution in [-0.4, -0.2) is 92.7 Å². The third kappa shape index (κ3) is 10.5. The molecular weight excluding hydrogens is 763 g/mol. The number of hydrogen-bond acceptors (Lipinski definition) is 11. The van der Waals surface area contributed by atoms with E-state index in [4.69, 9.17) is 10.5 Å². The Kier molecular flexibility index (Phi) is 14.8. The van der Waals surface area contributed by atoms with Crippen LogP contribution in [0.2, 0.25) is 0 Å². The van der Waals surface area contributed by atoms with Crippen molar-refractivity contribution in [2.75, 3.05) is 56.6 Å². The number of piperidine rings is 2. The van der Waals surface area contributed by atoms with Crippen molar-refractivity contribution in [3.8, 4) is 5.75 Å². The number of amides is 2. The summed E-state index contributed by atoms with van der Waals surface area (Å²) < 4.78 is 38.3. The zero-order chi connectivity index (χ0) is 42.0. The van der Waals surface area contributed by atoms with E-state index in [9.17, 15) is 18.8 Å². The lowest BCUT2D eigenvalue weighted by atomic mass is 9.71. The Bertz CT molecular complexity index is 2060. The molecule has 308 valence electrons. The van der Waals surface area contributed by atoms with E-state index in [1.54, 1.807) is 30.1 Å². The molecule has 0 aliphatic carbocycles. The van der Waals surface area contributed by atoms with Crippen molar-refractivity contribution in [1.29, 1.82) is 0 Å². The van der Waals surface area contributed by atoms with E-state index in [1.165, 1.54) is 13.1 Å². The van der Waals surface area contributed by atoms with Gasteiger partial charge in [0.2, 0.25) is 0 Å². The Labute approximate surface area is 343 Å². The molecule has 2 fully saturated rings. The summed E-state index contributed by atoms with van der Waals surface area (Å²) in [5.41, 5.74) is 7.80. The largest absolute Gasteiger partial charge is 0.483 e. The number of aliphatic imine (C=N–C) groups is 2. The van der Waals surface area contributed by atoms with E-state index in [-0.39, 0.29) is 63.6 Å². The summed E-state index contributed by atoms with van der Waals surface area (Å²) >= 11 is 1.69. The van der Waals surface area contributed by atoms with Crippen LogP contribution >= 0.6 is 11.9 Å². The third-order valence-corrected chi connectivity index (χ3v) is 11.8. The Morgan fingerprint density at radius 1 is 1.09 bits per heavy atom. The number of hydrogen-bond donors (Lipinski definition) is 3. The molecular formula is C43H52F2N8O4S. The third-order valence-electron chi connectivity index (χ3n) is 10.7. The number of aldehydes is 1. The summed E-state index contributed by atoms with van der Waals surface area (Å²) in [5, 5.41) is 5.57. The Morgan fingerprint density at radius 3 is 2.36 bits per heavy atom. The van der Waals surface area contributed by atoms with Crippen LogP contribution in [0, 0.1) is 11.2 Å². The summed E-state index contributed by atoms with van der Waals surface area (Å²) in [7, 11) is 1.47. The van der Waals surface area contributed by atoms with E-state index in [0.717, 1.165) is 61.6 Å². The Hall–Kier alpha value is -5.54. The molecule has 2 heterocycles. The lowest BCUT2D eigenvalue weighted by Gasteiger charge is -2.46. The average molecular weight is 815 g/mol. The highest BCUT2D eigenvalue weighted by Crippen LogP contribution is 2.43. The number of benzene rings is 3. The molecule has 1 spiro atoms. The number of nitrogens with one attached hydrogen (secondary N) is 2. The van der Waals surface area contributed by atoms with Crippen molar-refractivity contribution >= 4 is 65.7 Å².